The quantitative estimate of drug-likeness (QED) is 0.801. The van der Waals surface area contributed by atoms with Crippen molar-refractivity contribution in [3.05, 3.63) is 28.8 Å². The van der Waals surface area contributed by atoms with Gasteiger partial charge in [-0.05, 0) is 31.0 Å². The molecule has 14 heavy (non-hydrogen) atoms. The van der Waals surface area contributed by atoms with Crippen molar-refractivity contribution in [3.8, 4) is 5.75 Å². The van der Waals surface area contributed by atoms with Gasteiger partial charge in [0.05, 0.1) is 0 Å². The molecule has 0 aliphatic rings. The van der Waals surface area contributed by atoms with Crippen LogP contribution in [0.3, 0.4) is 0 Å². The van der Waals surface area contributed by atoms with Crippen LogP contribution in [0, 0.1) is 13.8 Å². The Morgan fingerprint density at radius 2 is 1.71 bits per heavy atom. The van der Waals surface area contributed by atoms with E-state index >= 15 is 0 Å². The van der Waals surface area contributed by atoms with Crippen LogP contribution in [0.15, 0.2) is 12.1 Å². The molecule has 1 N–H and O–H groups in total. The minimum atomic E-state index is -0.0253. The normalized spacial score (nSPS) is 11.8. The molecule has 1 aromatic rings. The maximum absolute atomic E-state index is 9.86. The number of halogens is 1. The second-order valence-electron chi connectivity index (χ2n) is 4.47. The molecule has 0 fully saturated rings. The molecule has 0 aliphatic heterocycles. The Morgan fingerprint density at radius 1 is 1.21 bits per heavy atom. The molecule has 0 spiro atoms. The Hall–Kier alpha value is -0.500. The van der Waals surface area contributed by atoms with Crippen LogP contribution in [0.25, 0.3) is 0 Å². The number of aromatic hydroxyl groups is 1. The van der Waals surface area contributed by atoms with E-state index < -0.39 is 0 Å². The molecule has 1 nitrogen and oxygen atoms in total. The van der Waals surface area contributed by atoms with Gasteiger partial charge in [0.15, 0.2) is 0 Å². The van der Waals surface area contributed by atoms with Crippen LogP contribution in [-0.2, 0) is 5.41 Å². The largest absolute Gasteiger partial charge is 0.508 e. The van der Waals surface area contributed by atoms with Gasteiger partial charge in [-0.15, -0.1) is 0 Å². The number of hydrogen-bond donors (Lipinski definition) is 1. The third kappa shape index (κ3) is 2.11. The summed E-state index contributed by atoms with van der Waals surface area (Å²) >= 11 is 3.47. The smallest absolute Gasteiger partial charge is 0.119 e. The van der Waals surface area contributed by atoms with Gasteiger partial charge < -0.3 is 5.11 Å². The summed E-state index contributed by atoms with van der Waals surface area (Å²) in [6, 6.07) is 3.92. The second-order valence-corrected chi connectivity index (χ2v) is 5.03. The van der Waals surface area contributed by atoms with Gasteiger partial charge in [-0.1, -0.05) is 35.8 Å². The number of benzene rings is 1. The van der Waals surface area contributed by atoms with E-state index in [1.807, 2.05) is 13.0 Å². The van der Waals surface area contributed by atoms with Gasteiger partial charge in [-0.2, -0.15) is 0 Å². The second kappa shape index (κ2) is 3.93. The summed E-state index contributed by atoms with van der Waals surface area (Å²) in [4.78, 5) is 0. The fourth-order valence-corrected chi connectivity index (χ4v) is 1.72. The molecule has 0 saturated heterocycles. The SMILES string of the molecule is Cc1cc(O)c(C(C)(C)CBr)cc1C. The van der Waals surface area contributed by atoms with Crippen LogP contribution in [0.1, 0.15) is 30.5 Å². The third-order valence-corrected chi connectivity index (χ3v) is 4.08. The summed E-state index contributed by atoms with van der Waals surface area (Å²) in [5.74, 6) is 0.401. The molecule has 0 radical (unpaired) electrons. The van der Waals surface area contributed by atoms with Gasteiger partial charge in [0.2, 0.25) is 0 Å². The van der Waals surface area contributed by atoms with Crippen molar-refractivity contribution in [2.45, 2.75) is 33.1 Å². The molecule has 2 heteroatoms. The van der Waals surface area contributed by atoms with E-state index in [4.69, 9.17) is 0 Å². The maximum Gasteiger partial charge on any atom is 0.119 e. The highest BCUT2D eigenvalue weighted by Gasteiger charge is 2.22. The highest BCUT2D eigenvalue weighted by molar-refractivity contribution is 9.09. The maximum atomic E-state index is 9.86. The van der Waals surface area contributed by atoms with Gasteiger partial charge in [-0.3, -0.25) is 0 Å². The van der Waals surface area contributed by atoms with Crippen LogP contribution < -0.4 is 0 Å². The highest BCUT2D eigenvalue weighted by atomic mass is 79.9. The lowest BCUT2D eigenvalue weighted by Crippen LogP contribution is -2.19. The molecule has 0 heterocycles. The summed E-state index contributed by atoms with van der Waals surface area (Å²) < 4.78 is 0. The van der Waals surface area contributed by atoms with E-state index in [0.29, 0.717) is 5.75 Å². The number of alkyl halides is 1. The first kappa shape index (κ1) is 11.6. The molecular formula is C12H17BrO. The molecule has 0 amide bonds. The van der Waals surface area contributed by atoms with Gasteiger partial charge in [0.1, 0.15) is 5.75 Å². The zero-order chi connectivity index (χ0) is 10.9. The zero-order valence-corrected chi connectivity index (χ0v) is 10.8. The summed E-state index contributed by atoms with van der Waals surface area (Å²) in [6.07, 6.45) is 0. The Morgan fingerprint density at radius 3 is 2.21 bits per heavy atom. The summed E-state index contributed by atoms with van der Waals surface area (Å²) in [7, 11) is 0. The molecular weight excluding hydrogens is 240 g/mol. The highest BCUT2D eigenvalue weighted by Crippen LogP contribution is 2.34. The van der Waals surface area contributed by atoms with Crippen LogP contribution >= 0.6 is 15.9 Å². The lowest BCUT2D eigenvalue weighted by atomic mass is 9.84. The monoisotopic (exact) mass is 256 g/mol. The van der Waals surface area contributed by atoms with Crippen LogP contribution in [-0.4, -0.2) is 10.4 Å². The number of phenols is 1. The van der Waals surface area contributed by atoms with E-state index in [2.05, 4.69) is 42.8 Å². The number of hydrogen-bond acceptors (Lipinski definition) is 1. The Balaban J connectivity index is 3.29. The standard InChI is InChI=1S/C12H17BrO/c1-8-5-10(12(3,4)7-13)11(14)6-9(8)2/h5-6,14H,7H2,1-4H3. The van der Waals surface area contributed by atoms with Crippen molar-refractivity contribution in [2.75, 3.05) is 5.33 Å². The summed E-state index contributed by atoms with van der Waals surface area (Å²) in [5.41, 5.74) is 3.35. The van der Waals surface area contributed by atoms with Crippen molar-refractivity contribution in [3.63, 3.8) is 0 Å². The Labute approximate surface area is 94.3 Å². The van der Waals surface area contributed by atoms with Crippen molar-refractivity contribution < 1.29 is 5.11 Å². The molecule has 0 bridgehead atoms. The minimum Gasteiger partial charge on any atom is -0.508 e. The zero-order valence-electron chi connectivity index (χ0n) is 9.19. The average molecular weight is 257 g/mol. The van der Waals surface area contributed by atoms with Crippen LogP contribution in [0.5, 0.6) is 5.75 Å². The first-order chi connectivity index (χ1) is 6.38. The molecule has 0 unspecified atom stereocenters. The summed E-state index contributed by atoms with van der Waals surface area (Å²) in [5, 5.41) is 10.7. The van der Waals surface area contributed by atoms with Crippen LogP contribution in [0.4, 0.5) is 0 Å². The van der Waals surface area contributed by atoms with E-state index in [-0.39, 0.29) is 5.41 Å². The molecule has 1 aromatic carbocycles. The fourth-order valence-electron chi connectivity index (χ4n) is 1.42. The molecule has 0 aromatic heterocycles. The van der Waals surface area contributed by atoms with Gasteiger partial charge in [0, 0.05) is 16.3 Å². The van der Waals surface area contributed by atoms with Crippen molar-refractivity contribution in [1.29, 1.82) is 0 Å². The summed E-state index contributed by atoms with van der Waals surface area (Å²) in [6.45, 7) is 8.32. The molecule has 0 atom stereocenters. The first-order valence-electron chi connectivity index (χ1n) is 4.75. The predicted octanol–water partition coefficient (Wildman–Crippen LogP) is 3.68. The van der Waals surface area contributed by atoms with E-state index in [1.165, 1.54) is 5.56 Å². The minimum absolute atomic E-state index is 0.0253. The molecule has 78 valence electrons. The number of rotatable bonds is 2. The van der Waals surface area contributed by atoms with Crippen molar-refractivity contribution in [1.82, 2.24) is 0 Å². The topological polar surface area (TPSA) is 20.2 Å². The van der Waals surface area contributed by atoms with E-state index in [0.717, 1.165) is 16.5 Å². The van der Waals surface area contributed by atoms with Gasteiger partial charge in [-0.25, -0.2) is 0 Å². The Bertz CT molecular complexity index is 342. The van der Waals surface area contributed by atoms with Gasteiger partial charge in [0.25, 0.3) is 0 Å². The first-order valence-corrected chi connectivity index (χ1v) is 5.87. The Kier molecular flexibility index (Phi) is 3.25. The number of aryl methyl sites for hydroxylation is 2. The number of phenolic OH excluding ortho intramolecular Hbond substituents is 1. The van der Waals surface area contributed by atoms with Crippen molar-refractivity contribution in [2.24, 2.45) is 0 Å². The fraction of sp³-hybridized carbons (Fsp3) is 0.500. The lowest BCUT2D eigenvalue weighted by Gasteiger charge is -2.24. The predicted molar refractivity (Wildman–Crippen MR) is 64.4 cm³/mol. The van der Waals surface area contributed by atoms with Crippen molar-refractivity contribution >= 4 is 15.9 Å². The van der Waals surface area contributed by atoms with Crippen LogP contribution in [0.2, 0.25) is 0 Å². The molecule has 1 rings (SSSR count). The van der Waals surface area contributed by atoms with E-state index in [9.17, 15) is 5.11 Å². The van der Waals surface area contributed by atoms with Gasteiger partial charge >= 0.3 is 0 Å². The molecule has 0 saturated carbocycles. The molecule has 0 aliphatic carbocycles. The third-order valence-electron chi connectivity index (χ3n) is 2.68. The average Bonchev–Trinajstić information content (AvgIpc) is 2.11. The van der Waals surface area contributed by atoms with E-state index in [1.54, 1.807) is 0 Å². The lowest BCUT2D eigenvalue weighted by molar-refractivity contribution is 0.448.